The second-order valence-electron chi connectivity index (χ2n) is 9.49. The number of esters is 1. The fourth-order valence-electron chi connectivity index (χ4n) is 3.30. The molecule has 0 aromatic rings. The average Bonchev–Trinajstić information content (AvgIpc) is 2.32. The Bertz CT molecular complexity index is 375. The predicted octanol–water partition coefficient (Wildman–Crippen LogP) is 4.83. The number of carbonyl (C=O) groups excluding carboxylic acids is 1. The third kappa shape index (κ3) is 5.26. The molecule has 1 saturated heterocycles. The van der Waals surface area contributed by atoms with Gasteiger partial charge in [-0.05, 0) is 49.9 Å². The summed E-state index contributed by atoms with van der Waals surface area (Å²) >= 11 is 0. The Balaban J connectivity index is 2.72. The fourth-order valence-corrected chi connectivity index (χ4v) is 3.30. The van der Waals surface area contributed by atoms with Gasteiger partial charge in [-0.25, -0.2) is 0 Å². The topological polar surface area (TPSA) is 35.5 Å². The number of hydrogen-bond donors (Lipinski definition) is 0. The van der Waals surface area contributed by atoms with Crippen LogP contribution in [-0.4, -0.2) is 25.3 Å². The maximum Gasteiger partial charge on any atom is 0.312 e. The molecule has 0 N–H and O–H groups in total. The molecule has 0 spiro atoms. The summed E-state index contributed by atoms with van der Waals surface area (Å²) in [5.74, 6) is 0.389. The molecule has 0 aromatic heterocycles. The van der Waals surface area contributed by atoms with Crippen molar-refractivity contribution in [1.82, 2.24) is 0 Å². The van der Waals surface area contributed by atoms with Crippen LogP contribution >= 0.6 is 0 Å². The highest BCUT2D eigenvalue weighted by molar-refractivity contribution is 5.77. The van der Waals surface area contributed by atoms with Crippen LogP contribution in [0.1, 0.15) is 74.7 Å². The summed E-state index contributed by atoms with van der Waals surface area (Å²) in [5.41, 5.74) is -0.503. The zero-order valence-electron chi connectivity index (χ0n) is 15.9. The van der Waals surface area contributed by atoms with Crippen LogP contribution < -0.4 is 0 Å². The SMILES string of the molecule is CC1CC(COC(=O)C(C)(CC(C)(C)C)C(C)(C)C)CCO1. The molecule has 0 bridgehead atoms. The van der Waals surface area contributed by atoms with Gasteiger partial charge in [0.05, 0.1) is 18.1 Å². The van der Waals surface area contributed by atoms with Crippen LogP contribution in [0, 0.1) is 22.2 Å². The van der Waals surface area contributed by atoms with Crippen molar-refractivity contribution in [2.45, 2.75) is 80.8 Å². The first-order valence-corrected chi connectivity index (χ1v) is 8.64. The zero-order chi connectivity index (χ0) is 17.2. The Hall–Kier alpha value is -0.570. The molecule has 130 valence electrons. The summed E-state index contributed by atoms with van der Waals surface area (Å²) in [6.45, 7) is 18.4. The molecule has 1 aliphatic heterocycles. The Morgan fingerprint density at radius 3 is 2.18 bits per heavy atom. The van der Waals surface area contributed by atoms with E-state index in [1.54, 1.807) is 0 Å². The highest BCUT2D eigenvalue weighted by Gasteiger charge is 2.47. The van der Waals surface area contributed by atoms with Crippen molar-refractivity contribution in [2.75, 3.05) is 13.2 Å². The van der Waals surface area contributed by atoms with Crippen molar-refractivity contribution < 1.29 is 14.3 Å². The van der Waals surface area contributed by atoms with Crippen molar-refractivity contribution in [3.05, 3.63) is 0 Å². The van der Waals surface area contributed by atoms with Gasteiger partial charge in [0, 0.05) is 6.61 Å². The Morgan fingerprint density at radius 2 is 1.73 bits per heavy atom. The van der Waals surface area contributed by atoms with Gasteiger partial charge in [-0.3, -0.25) is 4.79 Å². The predicted molar refractivity (Wildman–Crippen MR) is 90.7 cm³/mol. The zero-order valence-corrected chi connectivity index (χ0v) is 15.9. The molecule has 1 rings (SSSR count). The van der Waals surface area contributed by atoms with Gasteiger partial charge in [0.25, 0.3) is 0 Å². The van der Waals surface area contributed by atoms with Crippen LogP contribution in [-0.2, 0) is 14.3 Å². The molecule has 1 aliphatic rings. The van der Waals surface area contributed by atoms with E-state index in [4.69, 9.17) is 9.47 Å². The van der Waals surface area contributed by atoms with E-state index in [0.717, 1.165) is 25.9 Å². The van der Waals surface area contributed by atoms with Crippen LogP contribution in [0.15, 0.2) is 0 Å². The maximum absolute atomic E-state index is 12.9. The van der Waals surface area contributed by atoms with Gasteiger partial charge in [0.1, 0.15) is 0 Å². The van der Waals surface area contributed by atoms with Gasteiger partial charge in [-0.15, -0.1) is 0 Å². The highest BCUT2D eigenvalue weighted by atomic mass is 16.5. The molecule has 0 amide bonds. The molecule has 0 aliphatic carbocycles. The van der Waals surface area contributed by atoms with Crippen molar-refractivity contribution in [3.63, 3.8) is 0 Å². The minimum atomic E-state index is -0.470. The van der Waals surface area contributed by atoms with Crippen molar-refractivity contribution in [2.24, 2.45) is 22.2 Å². The molecule has 22 heavy (non-hydrogen) atoms. The number of rotatable bonds is 4. The quantitative estimate of drug-likeness (QED) is 0.697. The van der Waals surface area contributed by atoms with Crippen LogP contribution in [0.2, 0.25) is 0 Å². The van der Waals surface area contributed by atoms with Gasteiger partial charge < -0.3 is 9.47 Å². The molecule has 0 saturated carbocycles. The van der Waals surface area contributed by atoms with E-state index < -0.39 is 5.41 Å². The van der Waals surface area contributed by atoms with Crippen LogP contribution in [0.25, 0.3) is 0 Å². The highest BCUT2D eigenvalue weighted by Crippen LogP contribution is 2.47. The van der Waals surface area contributed by atoms with Crippen molar-refractivity contribution in [3.8, 4) is 0 Å². The maximum atomic E-state index is 12.9. The number of hydrogen-bond acceptors (Lipinski definition) is 3. The van der Waals surface area contributed by atoms with Gasteiger partial charge in [-0.2, -0.15) is 0 Å². The summed E-state index contributed by atoms with van der Waals surface area (Å²) in [4.78, 5) is 12.9. The van der Waals surface area contributed by atoms with Gasteiger partial charge in [-0.1, -0.05) is 41.5 Å². The molecule has 0 radical (unpaired) electrons. The lowest BCUT2D eigenvalue weighted by atomic mass is 9.61. The molecule has 3 unspecified atom stereocenters. The summed E-state index contributed by atoms with van der Waals surface area (Å²) in [5, 5.41) is 0. The Morgan fingerprint density at radius 1 is 1.14 bits per heavy atom. The smallest absolute Gasteiger partial charge is 0.312 e. The lowest BCUT2D eigenvalue weighted by Crippen LogP contribution is -2.45. The van der Waals surface area contributed by atoms with Gasteiger partial charge >= 0.3 is 5.97 Å². The molecular weight excluding hydrogens is 276 g/mol. The molecule has 3 atom stereocenters. The molecule has 3 nitrogen and oxygen atoms in total. The van der Waals surface area contributed by atoms with Gasteiger partial charge in [0.2, 0.25) is 0 Å². The number of ether oxygens (including phenoxy) is 2. The fraction of sp³-hybridized carbons (Fsp3) is 0.947. The van der Waals surface area contributed by atoms with Crippen LogP contribution in [0.3, 0.4) is 0 Å². The van der Waals surface area contributed by atoms with E-state index in [1.165, 1.54) is 0 Å². The Kier molecular flexibility index (Phi) is 6.11. The first kappa shape index (κ1) is 19.5. The summed E-state index contributed by atoms with van der Waals surface area (Å²) in [6, 6.07) is 0. The first-order chi connectivity index (χ1) is 9.85. The second kappa shape index (κ2) is 6.90. The lowest BCUT2D eigenvalue weighted by Gasteiger charge is -2.43. The Labute approximate surface area is 137 Å². The third-order valence-corrected chi connectivity index (χ3v) is 5.03. The monoisotopic (exact) mass is 312 g/mol. The normalized spacial score (nSPS) is 26.4. The van der Waals surface area contributed by atoms with E-state index in [9.17, 15) is 4.79 Å². The first-order valence-electron chi connectivity index (χ1n) is 8.64. The van der Waals surface area contributed by atoms with Crippen molar-refractivity contribution in [1.29, 1.82) is 0 Å². The average molecular weight is 312 g/mol. The molecule has 3 heteroatoms. The molecule has 1 fully saturated rings. The van der Waals surface area contributed by atoms with E-state index in [0.29, 0.717) is 12.5 Å². The van der Waals surface area contributed by atoms with Crippen LogP contribution in [0.4, 0.5) is 0 Å². The molecule has 1 heterocycles. The number of carbonyl (C=O) groups is 1. The minimum absolute atomic E-state index is 0.0472. The van der Waals surface area contributed by atoms with Crippen molar-refractivity contribution >= 4 is 5.97 Å². The van der Waals surface area contributed by atoms with E-state index in [-0.39, 0.29) is 22.9 Å². The summed E-state index contributed by atoms with van der Waals surface area (Å²) in [7, 11) is 0. The standard InChI is InChI=1S/C19H36O3/c1-14-11-15(9-10-21-14)12-22-16(20)19(8,18(5,6)7)13-17(2,3)4/h14-15H,9-13H2,1-8H3. The summed E-state index contributed by atoms with van der Waals surface area (Å²) in [6.07, 6.45) is 3.08. The second-order valence-corrected chi connectivity index (χ2v) is 9.49. The largest absolute Gasteiger partial charge is 0.465 e. The minimum Gasteiger partial charge on any atom is -0.465 e. The molecule has 0 aromatic carbocycles. The van der Waals surface area contributed by atoms with E-state index >= 15 is 0 Å². The lowest BCUT2D eigenvalue weighted by molar-refractivity contribution is -0.167. The summed E-state index contributed by atoms with van der Waals surface area (Å²) < 4.78 is 11.3. The third-order valence-electron chi connectivity index (χ3n) is 5.03. The van der Waals surface area contributed by atoms with E-state index in [1.807, 2.05) is 0 Å². The van der Waals surface area contributed by atoms with Gasteiger partial charge in [0.15, 0.2) is 0 Å². The van der Waals surface area contributed by atoms with E-state index in [2.05, 4.69) is 55.4 Å². The van der Waals surface area contributed by atoms with Crippen LogP contribution in [0.5, 0.6) is 0 Å². The molecular formula is C19H36O3.